The number of rotatable bonds is 8. The van der Waals surface area contributed by atoms with Gasteiger partial charge in [-0.15, -0.1) is 0 Å². The molecule has 8 aromatic carbocycles. The van der Waals surface area contributed by atoms with Gasteiger partial charge in [0.25, 0.3) is 0 Å². The smallest absolute Gasteiger partial charge is 0.423 e. The zero-order valence-corrected chi connectivity index (χ0v) is 38.0. The first-order valence-corrected chi connectivity index (χ1v) is 21.9. The van der Waals surface area contributed by atoms with E-state index in [-0.39, 0.29) is 26.6 Å². The molecule has 0 radical (unpaired) electrons. The highest BCUT2D eigenvalue weighted by atomic mass is 35.5. The van der Waals surface area contributed by atoms with Crippen LogP contribution in [0.5, 0.6) is 0 Å². The molecule has 2 heterocycles. The highest BCUT2D eigenvalue weighted by molar-refractivity contribution is 6.58. The first kappa shape index (κ1) is 49.7. The Morgan fingerprint density at radius 1 is 0.366 bits per heavy atom. The van der Waals surface area contributed by atoms with Crippen LogP contribution in [0, 0.1) is 34.3 Å². The van der Waals surface area contributed by atoms with Gasteiger partial charge in [-0.05, 0) is 81.8 Å². The molecule has 0 bridgehead atoms. The molecule has 344 valence electrons. The van der Waals surface area contributed by atoms with Gasteiger partial charge >= 0.3 is 7.12 Å². The van der Waals surface area contributed by atoms with Crippen LogP contribution in [0.4, 0.5) is 13.5 Å². The van der Waals surface area contributed by atoms with Crippen molar-refractivity contribution in [3.05, 3.63) is 234 Å². The summed E-state index contributed by atoms with van der Waals surface area (Å²) in [4.78, 5) is 27.2. The quantitative estimate of drug-likeness (QED) is 0.140. The highest BCUT2D eigenvalue weighted by Gasteiger charge is 2.16. The summed E-state index contributed by atoms with van der Waals surface area (Å²) in [7, 11) is -1.67. The number of hydrogen-bond donors (Lipinski definition) is 2. The number of halogens is 4. The molecular formula is C56H37BClF3N8O2. The SMILES string of the molecule is Clc1nc(-c2ccccc2)nc(-c2cccc(-c3ccccc3)c2)n1.F.N#Cc1cc(-c2nc(-c3ccccc3)nc(-c3cccc(-c4ccccc4)c3)n2)ccc1F.N#Cc1cc(B(O)O)ccc1F. The Labute approximate surface area is 412 Å². The molecule has 10 nitrogen and oxygen atoms in total. The van der Waals surface area contributed by atoms with Crippen LogP contribution in [0.2, 0.25) is 5.28 Å². The van der Waals surface area contributed by atoms with E-state index in [2.05, 4.69) is 61.3 Å². The molecular weight excluding hydrogens is 920 g/mol. The monoisotopic (exact) mass is 956 g/mol. The van der Waals surface area contributed by atoms with E-state index in [1.807, 2.05) is 140 Å². The number of benzene rings is 8. The van der Waals surface area contributed by atoms with Crippen molar-refractivity contribution in [1.29, 1.82) is 10.5 Å². The topological polar surface area (TPSA) is 165 Å². The third-order valence-corrected chi connectivity index (χ3v) is 10.7. The lowest BCUT2D eigenvalue weighted by atomic mass is 9.80. The lowest BCUT2D eigenvalue weighted by molar-refractivity contribution is 0.425. The fourth-order valence-corrected chi connectivity index (χ4v) is 7.18. The molecule has 0 amide bonds. The van der Waals surface area contributed by atoms with Crippen LogP contribution < -0.4 is 5.46 Å². The first-order chi connectivity index (χ1) is 34.1. The van der Waals surface area contributed by atoms with E-state index in [1.54, 1.807) is 12.1 Å². The molecule has 10 aromatic rings. The van der Waals surface area contributed by atoms with Gasteiger partial charge in [0.1, 0.15) is 23.8 Å². The van der Waals surface area contributed by atoms with Gasteiger partial charge in [0.05, 0.1) is 11.1 Å². The van der Waals surface area contributed by atoms with Crippen LogP contribution in [0.25, 0.3) is 79.2 Å². The number of nitrogens with zero attached hydrogens (tertiary/aromatic N) is 8. The van der Waals surface area contributed by atoms with Crippen molar-refractivity contribution in [3.8, 4) is 91.3 Å². The second-order valence-electron chi connectivity index (χ2n) is 15.2. The van der Waals surface area contributed by atoms with Crippen molar-refractivity contribution in [1.82, 2.24) is 29.9 Å². The van der Waals surface area contributed by atoms with Crippen LogP contribution in [-0.2, 0) is 0 Å². The van der Waals surface area contributed by atoms with E-state index in [0.717, 1.165) is 56.6 Å². The molecule has 2 N–H and O–H groups in total. The third kappa shape index (κ3) is 12.7. The summed E-state index contributed by atoms with van der Waals surface area (Å²) < 4.78 is 26.6. The maximum absolute atomic E-state index is 13.9. The van der Waals surface area contributed by atoms with Gasteiger partial charge in [-0.1, -0.05) is 164 Å². The van der Waals surface area contributed by atoms with Crippen molar-refractivity contribution >= 4 is 24.2 Å². The predicted octanol–water partition coefficient (Wildman–Crippen LogP) is 11.6. The molecule has 0 saturated carbocycles. The fraction of sp³-hybridized carbons (Fsp3) is 0. The summed E-state index contributed by atoms with van der Waals surface area (Å²) >= 11 is 6.14. The zero-order valence-electron chi connectivity index (χ0n) is 37.2. The van der Waals surface area contributed by atoms with Gasteiger partial charge in [-0.25, -0.2) is 28.7 Å². The standard InChI is InChI=1S/C28H17FN4.C21H14ClN3.C7H5BFNO2.FH/c29-25-15-14-23(17-24(25)18-30)28-32-26(20-10-5-2-6-11-20)31-27(33-28)22-13-7-12-21(16-22)19-8-3-1-4-9-19;22-21-24-19(16-10-5-2-6-11-16)23-20(25-21)18-13-7-12-17(14-18)15-8-3-1-4-9-15;9-7-2-1-6(8(11)12)3-5(7)4-10;/h1-17H;1-14H;1-3,11-12H;1H. The van der Waals surface area contributed by atoms with Crippen LogP contribution in [0.1, 0.15) is 11.1 Å². The summed E-state index contributed by atoms with van der Waals surface area (Å²) in [6, 6.07) is 66.9. The van der Waals surface area contributed by atoms with Crippen molar-refractivity contribution in [2.45, 2.75) is 0 Å². The van der Waals surface area contributed by atoms with Crippen LogP contribution in [0.15, 0.2) is 206 Å². The zero-order chi connectivity index (χ0) is 48.8. The molecule has 0 saturated heterocycles. The van der Waals surface area contributed by atoms with Gasteiger partial charge in [0.2, 0.25) is 5.28 Å². The van der Waals surface area contributed by atoms with Gasteiger partial charge in [0.15, 0.2) is 29.1 Å². The van der Waals surface area contributed by atoms with E-state index in [0.29, 0.717) is 34.7 Å². The van der Waals surface area contributed by atoms with Crippen molar-refractivity contribution in [2.24, 2.45) is 0 Å². The van der Waals surface area contributed by atoms with Crippen molar-refractivity contribution in [3.63, 3.8) is 0 Å². The molecule has 0 aliphatic rings. The lowest BCUT2D eigenvalue weighted by Gasteiger charge is -2.10. The van der Waals surface area contributed by atoms with Gasteiger partial charge in [-0.3, -0.25) is 4.70 Å². The maximum Gasteiger partial charge on any atom is 0.488 e. The second kappa shape index (κ2) is 23.7. The molecule has 0 atom stereocenters. The minimum Gasteiger partial charge on any atom is -0.423 e. The maximum atomic E-state index is 13.9. The average molecular weight is 957 g/mol. The van der Waals surface area contributed by atoms with E-state index < -0.39 is 18.8 Å². The second-order valence-corrected chi connectivity index (χ2v) is 15.6. The Morgan fingerprint density at radius 2 is 0.690 bits per heavy atom. The Bertz CT molecular complexity index is 3500. The molecule has 0 aliphatic heterocycles. The van der Waals surface area contributed by atoms with Gasteiger partial charge in [0, 0.05) is 27.8 Å². The molecule has 0 aliphatic carbocycles. The van der Waals surface area contributed by atoms with E-state index >= 15 is 0 Å². The summed E-state index contributed by atoms with van der Waals surface area (Å²) in [5.74, 6) is 1.28. The molecule has 2 aromatic heterocycles. The Hall–Kier alpha value is -9.18. The normalized spacial score (nSPS) is 10.2. The molecule has 0 unspecified atom stereocenters. The Morgan fingerprint density at radius 3 is 1.11 bits per heavy atom. The minimum absolute atomic E-state index is 0. The van der Waals surface area contributed by atoms with E-state index in [9.17, 15) is 14.0 Å². The number of hydrogen-bond acceptors (Lipinski definition) is 10. The third-order valence-electron chi connectivity index (χ3n) is 10.5. The van der Waals surface area contributed by atoms with Crippen molar-refractivity contribution < 1.29 is 23.5 Å². The summed E-state index contributed by atoms with van der Waals surface area (Å²) in [5.41, 5.74) is 8.28. The van der Waals surface area contributed by atoms with Gasteiger partial charge < -0.3 is 10.0 Å². The minimum atomic E-state index is -1.67. The Balaban J connectivity index is 0.000000172. The largest absolute Gasteiger partial charge is 0.488 e. The highest BCUT2D eigenvalue weighted by Crippen LogP contribution is 2.30. The fourth-order valence-electron chi connectivity index (χ4n) is 7.02. The first-order valence-electron chi connectivity index (χ1n) is 21.5. The molecule has 71 heavy (non-hydrogen) atoms. The van der Waals surface area contributed by atoms with E-state index in [1.165, 1.54) is 18.2 Å². The van der Waals surface area contributed by atoms with Crippen LogP contribution in [-0.4, -0.2) is 47.1 Å². The van der Waals surface area contributed by atoms with Crippen LogP contribution >= 0.6 is 11.6 Å². The average Bonchev–Trinajstić information content (AvgIpc) is 3.42. The number of nitriles is 2. The van der Waals surface area contributed by atoms with Gasteiger partial charge in [-0.2, -0.15) is 20.5 Å². The Kier molecular flexibility index (Phi) is 16.6. The summed E-state index contributed by atoms with van der Waals surface area (Å²) in [6.07, 6.45) is 0. The summed E-state index contributed by atoms with van der Waals surface area (Å²) in [5, 5.41) is 35.1. The molecule has 10 rings (SSSR count). The molecule has 15 heteroatoms. The summed E-state index contributed by atoms with van der Waals surface area (Å²) in [6.45, 7) is 0. The van der Waals surface area contributed by atoms with Crippen LogP contribution in [0.3, 0.4) is 0 Å². The predicted molar refractivity (Wildman–Crippen MR) is 271 cm³/mol. The lowest BCUT2D eigenvalue weighted by Crippen LogP contribution is -2.30. The molecule has 0 spiro atoms. The molecule has 0 fully saturated rings. The van der Waals surface area contributed by atoms with E-state index in [4.69, 9.17) is 31.9 Å². The number of aromatic nitrogens is 6. The van der Waals surface area contributed by atoms with Crippen molar-refractivity contribution in [2.75, 3.05) is 0 Å².